The Labute approximate surface area is 197 Å². The molecule has 0 radical (unpaired) electrons. The quantitative estimate of drug-likeness (QED) is 0.435. The number of anilines is 1. The summed E-state index contributed by atoms with van der Waals surface area (Å²) in [7, 11) is 1.49. The van der Waals surface area contributed by atoms with E-state index in [1.54, 1.807) is 36.5 Å². The number of pyridine rings is 1. The summed E-state index contributed by atoms with van der Waals surface area (Å²) < 4.78 is 7.20. The van der Waals surface area contributed by atoms with Crippen LogP contribution in [0.5, 0.6) is 5.75 Å². The van der Waals surface area contributed by atoms with Gasteiger partial charge >= 0.3 is 6.03 Å². The lowest BCUT2D eigenvalue weighted by molar-refractivity contribution is -0.127. The van der Waals surface area contributed by atoms with Crippen molar-refractivity contribution >= 4 is 29.6 Å². The first-order chi connectivity index (χ1) is 16.3. The topological polar surface area (TPSA) is 106 Å². The van der Waals surface area contributed by atoms with Gasteiger partial charge in [-0.3, -0.25) is 9.59 Å². The first kappa shape index (κ1) is 22.8. The number of para-hydroxylation sites is 2. The third-order valence-electron chi connectivity index (χ3n) is 5.55. The van der Waals surface area contributed by atoms with Gasteiger partial charge in [-0.25, -0.2) is 14.7 Å². The molecule has 0 aliphatic carbocycles. The molecule has 1 aromatic carbocycles. The average Bonchev–Trinajstić information content (AvgIpc) is 3.23. The number of methoxy groups -OCH3 is 1. The molecule has 0 unspecified atom stereocenters. The SMILES string of the molecule is COc1ccccc1NC(=O)CN1C(=O)N/C(=C/c2cc(C)n(-c3cc(C)ccn3)c2C)C1=O. The lowest BCUT2D eigenvalue weighted by Gasteiger charge is -2.13. The number of benzene rings is 1. The van der Waals surface area contributed by atoms with Crippen LogP contribution in [-0.2, 0) is 9.59 Å². The van der Waals surface area contributed by atoms with Crippen LogP contribution in [-0.4, -0.2) is 46.0 Å². The average molecular weight is 460 g/mol. The standard InChI is InChI=1S/C25H25N5O4/c1-15-9-10-26-22(11-15)30-16(2)12-18(17(30)3)13-20-24(32)29(25(33)28-20)14-23(31)27-19-7-5-6-8-21(19)34-4/h5-13H,14H2,1-4H3,(H,27,31)(H,28,33)/b20-13+. The van der Waals surface area contributed by atoms with Gasteiger partial charge in [0.2, 0.25) is 5.91 Å². The van der Waals surface area contributed by atoms with Gasteiger partial charge in [0, 0.05) is 17.6 Å². The van der Waals surface area contributed by atoms with Gasteiger partial charge in [0.15, 0.2) is 0 Å². The maximum Gasteiger partial charge on any atom is 0.329 e. The van der Waals surface area contributed by atoms with Crippen molar-refractivity contribution in [2.45, 2.75) is 20.8 Å². The second-order valence-electron chi connectivity index (χ2n) is 7.98. The van der Waals surface area contributed by atoms with Crippen molar-refractivity contribution in [1.29, 1.82) is 0 Å². The molecule has 4 rings (SSSR count). The van der Waals surface area contributed by atoms with Gasteiger partial charge in [0.05, 0.1) is 12.8 Å². The molecule has 2 aromatic heterocycles. The summed E-state index contributed by atoms with van der Waals surface area (Å²) in [6.45, 7) is 5.44. The van der Waals surface area contributed by atoms with E-state index in [9.17, 15) is 14.4 Å². The van der Waals surface area contributed by atoms with Crippen LogP contribution in [0.25, 0.3) is 11.9 Å². The summed E-state index contributed by atoms with van der Waals surface area (Å²) in [5, 5.41) is 5.24. The molecule has 3 heterocycles. The fourth-order valence-electron chi connectivity index (χ4n) is 3.88. The number of nitrogens with one attached hydrogen (secondary N) is 2. The predicted molar refractivity (Wildman–Crippen MR) is 128 cm³/mol. The Bertz CT molecular complexity index is 1320. The third-order valence-corrected chi connectivity index (χ3v) is 5.55. The van der Waals surface area contributed by atoms with Crippen molar-refractivity contribution in [3.63, 3.8) is 0 Å². The molecule has 3 aromatic rings. The largest absolute Gasteiger partial charge is 0.495 e. The number of amides is 4. The Morgan fingerprint density at radius 1 is 1.15 bits per heavy atom. The molecule has 2 N–H and O–H groups in total. The number of aromatic nitrogens is 2. The fraction of sp³-hybridized carbons (Fsp3) is 0.200. The fourth-order valence-corrected chi connectivity index (χ4v) is 3.88. The summed E-state index contributed by atoms with van der Waals surface area (Å²) in [5.41, 5.74) is 4.22. The first-order valence-corrected chi connectivity index (χ1v) is 10.7. The van der Waals surface area contributed by atoms with E-state index in [1.165, 1.54) is 7.11 Å². The second kappa shape index (κ2) is 9.22. The minimum Gasteiger partial charge on any atom is -0.495 e. The minimum atomic E-state index is -0.652. The number of rotatable bonds is 6. The number of carbonyl (C=O) groups excluding carboxylic acids is 3. The van der Waals surface area contributed by atoms with E-state index < -0.39 is 24.4 Å². The molecular weight excluding hydrogens is 434 g/mol. The monoisotopic (exact) mass is 459 g/mol. The maximum atomic E-state index is 12.9. The van der Waals surface area contributed by atoms with Crippen LogP contribution in [0.4, 0.5) is 10.5 Å². The first-order valence-electron chi connectivity index (χ1n) is 10.7. The zero-order valence-electron chi connectivity index (χ0n) is 19.4. The van der Waals surface area contributed by atoms with Crippen molar-refractivity contribution in [2.24, 2.45) is 0 Å². The van der Waals surface area contributed by atoms with Crippen molar-refractivity contribution in [3.05, 3.63) is 76.9 Å². The zero-order valence-corrected chi connectivity index (χ0v) is 19.4. The Morgan fingerprint density at radius 3 is 2.65 bits per heavy atom. The molecule has 1 fully saturated rings. The van der Waals surface area contributed by atoms with Crippen LogP contribution in [0.15, 0.2) is 54.4 Å². The molecule has 9 heteroatoms. The smallest absolute Gasteiger partial charge is 0.329 e. The Kier molecular flexibility index (Phi) is 6.18. The van der Waals surface area contributed by atoms with Crippen LogP contribution in [0.3, 0.4) is 0 Å². The number of hydrogen-bond acceptors (Lipinski definition) is 5. The molecule has 34 heavy (non-hydrogen) atoms. The Morgan fingerprint density at radius 2 is 1.91 bits per heavy atom. The highest BCUT2D eigenvalue weighted by molar-refractivity contribution is 6.16. The van der Waals surface area contributed by atoms with E-state index in [1.807, 2.05) is 43.5 Å². The lowest BCUT2D eigenvalue weighted by atomic mass is 10.2. The van der Waals surface area contributed by atoms with E-state index in [2.05, 4.69) is 15.6 Å². The molecule has 4 amide bonds. The third kappa shape index (κ3) is 4.40. The number of aryl methyl sites for hydroxylation is 2. The molecule has 9 nitrogen and oxygen atoms in total. The van der Waals surface area contributed by atoms with Gasteiger partial charge in [-0.15, -0.1) is 0 Å². The van der Waals surface area contributed by atoms with E-state index >= 15 is 0 Å². The minimum absolute atomic E-state index is 0.104. The van der Waals surface area contributed by atoms with Crippen molar-refractivity contribution < 1.29 is 19.1 Å². The van der Waals surface area contributed by atoms with E-state index in [4.69, 9.17) is 4.74 Å². The van der Waals surface area contributed by atoms with Gasteiger partial charge in [0.1, 0.15) is 23.8 Å². The van der Waals surface area contributed by atoms with Crippen molar-refractivity contribution in [2.75, 3.05) is 19.0 Å². The summed E-state index contributed by atoms with van der Waals surface area (Å²) in [6.07, 6.45) is 3.36. The lowest BCUT2D eigenvalue weighted by Crippen LogP contribution is -2.38. The molecule has 0 saturated carbocycles. The van der Waals surface area contributed by atoms with Crippen LogP contribution < -0.4 is 15.4 Å². The number of imide groups is 1. The highest BCUT2D eigenvalue weighted by atomic mass is 16.5. The summed E-state index contributed by atoms with van der Waals surface area (Å²) >= 11 is 0. The van der Waals surface area contributed by atoms with Gasteiger partial charge in [-0.2, -0.15) is 0 Å². The molecule has 0 bridgehead atoms. The molecule has 174 valence electrons. The van der Waals surface area contributed by atoms with Gasteiger partial charge in [-0.05, 0) is 68.3 Å². The van der Waals surface area contributed by atoms with Crippen molar-refractivity contribution in [1.82, 2.24) is 19.8 Å². The normalized spacial score (nSPS) is 14.5. The van der Waals surface area contributed by atoms with Crippen LogP contribution >= 0.6 is 0 Å². The molecule has 1 aliphatic rings. The maximum absolute atomic E-state index is 12.9. The van der Waals surface area contributed by atoms with E-state index in [0.29, 0.717) is 11.4 Å². The molecule has 1 aliphatic heterocycles. The number of nitrogens with zero attached hydrogens (tertiary/aromatic N) is 3. The Balaban J connectivity index is 1.53. The molecule has 1 saturated heterocycles. The number of hydrogen-bond donors (Lipinski definition) is 2. The van der Waals surface area contributed by atoms with Crippen LogP contribution in [0, 0.1) is 20.8 Å². The van der Waals surface area contributed by atoms with E-state index in [0.717, 1.165) is 33.2 Å². The van der Waals surface area contributed by atoms with Crippen LogP contribution in [0.1, 0.15) is 22.5 Å². The van der Waals surface area contributed by atoms with Gasteiger partial charge < -0.3 is 19.9 Å². The predicted octanol–water partition coefficient (Wildman–Crippen LogP) is 3.34. The van der Waals surface area contributed by atoms with Gasteiger partial charge in [0.25, 0.3) is 5.91 Å². The number of ether oxygens (including phenoxy) is 1. The summed E-state index contributed by atoms with van der Waals surface area (Å²) in [6, 6.07) is 12.1. The summed E-state index contributed by atoms with van der Waals surface area (Å²) in [4.78, 5) is 43.2. The zero-order chi connectivity index (χ0) is 24.4. The highest BCUT2D eigenvalue weighted by Crippen LogP contribution is 2.25. The molecular formula is C25H25N5O4. The number of urea groups is 1. The molecule has 0 atom stereocenters. The second-order valence-corrected chi connectivity index (χ2v) is 7.98. The van der Waals surface area contributed by atoms with Crippen molar-refractivity contribution in [3.8, 4) is 11.6 Å². The summed E-state index contributed by atoms with van der Waals surface area (Å²) in [5.74, 6) is 0.166. The van der Waals surface area contributed by atoms with E-state index in [-0.39, 0.29) is 5.70 Å². The highest BCUT2D eigenvalue weighted by Gasteiger charge is 2.35. The molecule has 0 spiro atoms. The van der Waals surface area contributed by atoms with Crippen LogP contribution in [0.2, 0.25) is 0 Å². The number of carbonyl (C=O) groups is 3. The Hall–Kier alpha value is -4.40. The van der Waals surface area contributed by atoms with Gasteiger partial charge in [-0.1, -0.05) is 12.1 Å².